The van der Waals surface area contributed by atoms with Gasteiger partial charge in [0.15, 0.2) is 0 Å². The highest BCUT2D eigenvalue weighted by atomic mass is 79.9. The summed E-state index contributed by atoms with van der Waals surface area (Å²) in [6.07, 6.45) is 2.13. The van der Waals surface area contributed by atoms with Gasteiger partial charge in [0.05, 0.1) is 0 Å². The molecule has 0 bridgehead atoms. The molecule has 5 N–H and O–H groups in total. The summed E-state index contributed by atoms with van der Waals surface area (Å²) in [4.78, 5) is 35.8. The van der Waals surface area contributed by atoms with Crippen LogP contribution in [0.5, 0.6) is 0 Å². The van der Waals surface area contributed by atoms with Gasteiger partial charge in [-0.15, -0.1) is 0 Å². The Morgan fingerprint density at radius 2 is 1.73 bits per heavy atom. The molecule has 1 aliphatic heterocycles. The zero-order valence-corrected chi connectivity index (χ0v) is 10.7. The molecule has 1 aliphatic rings. The molecule has 0 spiro atoms. The first-order chi connectivity index (χ1) is 6.60. The van der Waals surface area contributed by atoms with Crippen LogP contribution in [0, 0.1) is 0 Å². The third kappa shape index (κ3) is 2.43. The summed E-state index contributed by atoms with van der Waals surface area (Å²) in [6.45, 7) is 0.0206. The van der Waals surface area contributed by atoms with Crippen LogP contribution >= 0.6 is 31.1 Å². The first kappa shape index (κ1) is 13.5. The normalized spacial score (nSPS) is 26.6. The van der Waals surface area contributed by atoms with Gasteiger partial charge >= 0.3 is 15.2 Å². The average molecular weight is 322 g/mol. The maximum atomic E-state index is 11.1. The van der Waals surface area contributed by atoms with Crippen molar-refractivity contribution in [3.05, 3.63) is 12.2 Å². The lowest BCUT2D eigenvalue weighted by Crippen LogP contribution is -2.47. The van der Waals surface area contributed by atoms with Gasteiger partial charge in [-0.05, 0) is 6.08 Å². The summed E-state index contributed by atoms with van der Waals surface area (Å²) in [5.74, 6) is 0. The summed E-state index contributed by atoms with van der Waals surface area (Å²) < 4.78 is 22.3. The lowest BCUT2D eigenvalue weighted by molar-refractivity contribution is 0.305. The van der Waals surface area contributed by atoms with Gasteiger partial charge < -0.3 is 19.6 Å². The predicted octanol–water partition coefficient (Wildman–Crippen LogP) is -0.0815. The van der Waals surface area contributed by atoms with Crippen molar-refractivity contribution in [2.24, 2.45) is 0 Å². The van der Waals surface area contributed by atoms with Crippen molar-refractivity contribution in [2.45, 2.75) is 9.85 Å². The summed E-state index contributed by atoms with van der Waals surface area (Å²) in [7, 11) is -10.0. The molecule has 1 atom stereocenters. The maximum Gasteiger partial charge on any atom is 0.361 e. The molecule has 0 aliphatic carbocycles. The summed E-state index contributed by atoms with van der Waals surface area (Å²) in [6, 6.07) is 0. The van der Waals surface area contributed by atoms with E-state index < -0.39 is 20.2 Å². The van der Waals surface area contributed by atoms with Crippen LogP contribution in [0.3, 0.4) is 0 Å². The topological polar surface area (TPSA) is 127 Å². The lowest BCUT2D eigenvalue weighted by atomic mass is 10.3. The zero-order valence-electron chi connectivity index (χ0n) is 7.32. The minimum absolute atomic E-state index is 0.0206. The predicted molar refractivity (Wildman–Crippen MR) is 56.7 cm³/mol. The van der Waals surface area contributed by atoms with Crippen LogP contribution in [-0.2, 0) is 9.13 Å². The number of nitrogens with one attached hydrogen (secondary N) is 1. The number of alkyl halides is 1. The van der Waals surface area contributed by atoms with E-state index in [0.29, 0.717) is 0 Å². The van der Waals surface area contributed by atoms with Gasteiger partial charge in [0.1, 0.15) is 0 Å². The van der Waals surface area contributed by atoms with Crippen LogP contribution in [0.1, 0.15) is 0 Å². The molecule has 0 amide bonds. The van der Waals surface area contributed by atoms with Crippen LogP contribution in [0.4, 0.5) is 0 Å². The van der Waals surface area contributed by atoms with E-state index in [1.54, 1.807) is 0 Å². The molecule has 0 aromatic heterocycles. The SMILES string of the molecule is O=P(O)(O)C1(P(=O)(O)O)C=CC(Br)CN1. The van der Waals surface area contributed by atoms with Crippen molar-refractivity contribution >= 4 is 31.1 Å². The van der Waals surface area contributed by atoms with Crippen molar-refractivity contribution in [1.82, 2.24) is 5.32 Å². The quantitative estimate of drug-likeness (QED) is 0.273. The van der Waals surface area contributed by atoms with Crippen LogP contribution in [0.25, 0.3) is 0 Å². The van der Waals surface area contributed by atoms with Gasteiger partial charge in [-0.3, -0.25) is 14.4 Å². The van der Waals surface area contributed by atoms with Gasteiger partial charge in [0.25, 0.3) is 0 Å². The van der Waals surface area contributed by atoms with E-state index in [-0.39, 0.29) is 11.4 Å². The Labute approximate surface area is 94.0 Å². The largest absolute Gasteiger partial charge is 0.361 e. The summed E-state index contributed by atoms with van der Waals surface area (Å²) in [5, 5.41) is -0.391. The van der Waals surface area contributed by atoms with E-state index in [2.05, 4.69) is 21.2 Å². The molecule has 1 heterocycles. The second-order valence-corrected chi connectivity index (χ2v) is 8.19. The standard InChI is InChI=1S/C5H10BrNO6P2/c6-4-1-2-5(7-3-4,14(8,9)10)15(11,12)13/h1-2,4,7H,3H2,(H2,8,9,10)(H2,11,12,13). The van der Waals surface area contributed by atoms with E-state index in [9.17, 15) is 9.13 Å². The fourth-order valence-corrected chi connectivity index (χ4v) is 4.01. The fraction of sp³-hybridized carbons (Fsp3) is 0.600. The van der Waals surface area contributed by atoms with Crippen molar-refractivity contribution in [2.75, 3.05) is 6.54 Å². The van der Waals surface area contributed by atoms with Crippen molar-refractivity contribution < 1.29 is 28.7 Å². The molecule has 10 heteroatoms. The second-order valence-electron chi connectivity index (χ2n) is 3.07. The molecular formula is C5H10BrNO6P2. The molecule has 0 radical (unpaired) electrons. The molecule has 1 unspecified atom stereocenters. The highest BCUT2D eigenvalue weighted by Crippen LogP contribution is 2.68. The van der Waals surface area contributed by atoms with Gasteiger partial charge in [0.2, 0.25) is 5.02 Å². The molecule has 0 saturated carbocycles. The minimum Gasteiger partial charge on any atom is -0.322 e. The van der Waals surface area contributed by atoms with Crippen LogP contribution in [0.15, 0.2) is 12.2 Å². The molecule has 0 saturated heterocycles. The van der Waals surface area contributed by atoms with Crippen LogP contribution in [-0.4, -0.2) is 36.0 Å². The molecule has 7 nitrogen and oxygen atoms in total. The van der Waals surface area contributed by atoms with E-state index >= 15 is 0 Å². The van der Waals surface area contributed by atoms with Crippen molar-refractivity contribution in [1.29, 1.82) is 0 Å². The van der Waals surface area contributed by atoms with Gasteiger partial charge in [-0.1, -0.05) is 22.0 Å². The first-order valence-electron chi connectivity index (χ1n) is 3.80. The number of halogens is 1. The monoisotopic (exact) mass is 321 g/mol. The zero-order chi connectivity index (χ0) is 11.9. The van der Waals surface area contributed by atoms with E-state index in [1.165, 1.54) is 6.08 Å². The molecule has 0 aromatic rings. The van der Waals surface area contributed by atoms with Crippen LogP contribution < -0.4 is 5.32 Å². The van der Waals surface area contributed by atoms with Crippen LogP contribution in [0.2, 0.25) is 0 Å². The molecule has 0 fully saturated rings. The molecule has 15 heavy (non-hydrogen) atoms. The Morgan fingerprint density at radius 3 is 2.00 bits per heavy atom. The minimum atomic E-state index is -5.00. The van der Waals surface area contributed by atoms with Crippen molar-refractivity contribution in [3.8, 4) is 0 Å². The molecule has 1 rings (SSSR count). The lowest BCUT2D eigenvalue weighted by Gasteiger charge is -2.35. The van der Waals surface area contributed by atoms with Gasteiger partial charge in [0, 0.05) is 11.4 Å². The Kier molecular flexibility index (Phi) is 3.66. The number of hydrogen-bond acceptors (Lipinski definition) is 3. The Bertz CT molecular complexity index is 350. The maximum absolute atomic E-state index is 11.1. The van der Waals surface area contributed by atoms with E-state index in [1.807, 2.05) is 0 Å². The fourth-order valence-electron chi connectivity index (χ4n) is 1.18. The highest BCUT2D eigenvalue weighted by molar-refractivity contribution is 9.09. The molecular weight excluding hydrogens is 312 g/mol. The number of rotatable bonds is 2. The average Bonchev–Trinajstić information content (AvgIpc) is 2.00. The Morgan fingerprint density at radius 1 is 1.27 bits per heavy atom. The number of hydrogen-bond donors (Lipinski definition) is 5. The second kappa shape index (κ2) is 4.05. The van der Waals surface area contributed by atoms with Crippen molar-refractivity contribution in [3.63, 3.8) is 0 Å². The Hall–Kier alpha value is 0.480. The first-order valence-corrected chi connectivity index (χ1v) is 7.94. The van der Waals surface area contributed by atoms with Gasteiger partial charge in [-0.25, -0.2) is 0 Å². The highest BCUT2D eigenvalue weighted by Gasteiger charge is 2.59. The van der Waals surface area contributed by atoms with E-state index in [4.69, 9.17) is 19.6 Å². The molecule has 88 valence electrons. The smallest absolute Gasteiger partial charge is 0.322 e. The molecule has 0 aromatic carbocycles. The third-order valence-electron chi connectivity index (χ3n) is 1.98. The summed E-state index contributed by atoms with van der Waals surface area (Å²) >= 11 is 3.12. The third-order valence-corrected chi connectivity index (χ3v) is 6.57. The van der Waals surface area contributed by atoms with Gasteiger partial charge in [-0.2, -0.15) is 0 Å². The summed E-state index contributed by atoms with van der Waals surface area (Å²) in [5.41, 5.74) is 0. The van der Waals surface area contributed by atoms with E-state index in [0.717, 1.165) is 6.08 Å². The Balaban J connectivity index is 3.29.